The van der Waals surface area contributed by atoms with Crippen molar-refractivity contribution < 1.29 is 20.1 Å². The molecule has 1 aromatic rings. The number of ether oxygens (including phenoxy) is 1. The van der Waals surface area contributed by atoms with Crippen LogP contribution < -0.4 is 4.74 Å². The van der Waals surface area contributed by atoms with E-state index in [4.69, 9.17) is 4.74 Å². The lowest BCUT2D eigenvalue weighted by atomic mass is 9.33. The Morgan fingerprint density at radius 1 is 1.12 bits per heavy atom. The molecule has 3 N–H and O–H groups in total. The van der Waals surface area contributed by atoms with Crippen LogP contribution in [0.25, 0.3) is 0 Å². The van der Waals surface area contributed by atoms with E-state index in [0.29, 0.717) is 18.2 Å². The summed E-state index contributed by atoms with van der Waals surface area (Å²) in [7, 11) is 0. The molecule has 1 unspecified atom stereocenters. The molecular formula is C28H39NO4. The summed E-state index contributed by atoms with van der Waals surface area (Å²) in [5.41, 5.74) is -0.323. The lowest BCUT2D eigenvalue weighted by molar-refractivity contribution is -0.305. The second kappa shape index (κ2) is 5.91. The third kappa shape index (κ3) is 2.22. The zero-order valence-corrected chi connectivity index (χ0v) is 20.5. The molecule has 33 heavy (non-hydrogen) atoms. The molecule has 1 aromatic carbocycles. The summed E-state index contributed by atoms with van der Waals surface area (Å²) in [5.74, 6) is 1.39. The van der Waals surface area contributed by atoms with Crippen LogP contribution in [0.1, 0.15) is 77.3 Å². The van der Waals surface area contributed by atoms with Gasteiger partial charge in [-0.3, -0.25) is 4.90 Å². The van der Waals surface area contributed by atoms with E-state index in [0.717, 1.165) is 38.1 Å². The lowest BCUT2D eigenvalue weighted by Gasteiger charge is -2.75. The third-order valence-corrected chi connectivity index (χ3v) is 11.5. The molecule has 7 atom stereocenters. The first-order valence-corrected chi connectivity index (χ1v) is 13.2. The van der Waals surface area contributed by atoms with Gasteiger partial charge in [0.05, 0.1) is 5.60 Å². The van der Waals surface area contributed by atoms with Crippen LogP contribution in [0.15, 0.2) is 12.1 Å². The van der Waals surface area contributed by atoms with Gasteiger partial charge in [-0.25, -0.2) is 0 Å². The summed E-state index contributed by atoms with van der Waals surface area (Å²) in [4.78, 5) is 2.77. The van der Waals surface area contributed by atoms with Crippen LogP contribution in [0, 0.1) is 22.7 Å². The Balaban J connectivity index is 1.46. The minimum Gasteiger partial charge on any atom is -0.504 e. The molecule has 8 rings (SSSR count). The summed E-state index contributed by atoms with van der Waals surface area (Å²) < 4.78 is 6.68. The van der Waals surface area contributed by atoms with Crippen molar-refractivity contribution in [2.24, 2.45) is 22.7 Å². The fourth-order valence-corrected chi connectivity index (χ4v) is 9.26. The highest BCUT2D eigenvalue weighted by atomic mass is 16.5. The molecule has 4 saturated carbocycles. The maximum atomic E-state index is 12.5. The molecule has 180 valence electrons. The maximum Gasteiger partial charge on any atom is 0.165 e. The van der Waals surface area contributed by atoms with E-state index < -0.39 is 17.3 Å². The molecule has 2 heterocycles. The lowest BCUT2D eigenvalue weighted by Crippen LogP contribution is -2.82. The van der Waals surface area contributed by atoms with E-state index in [1.807, 2.05) is 6.92 Å². The van der Waals surface area contributed by atoms with Crippen molar-refractivity contribution in [1.29, 1.82) is 0 Å². The van der Waals surface area contributed by atoms with Gasteiger partial charge >= 0.3 is 0 Å². The van der Waals surface area contributed by atoms with Gasteiger partial charge in [-0.05, 0) is 81.4 Å². The molecule has 5 heteroatoms. The summed E-state index contributed by atoms with van der Waals surface area (Å²) in [5, 5.41) is 35.3. The van der Waals surface area contributed by atoms with Gasteiger partial charge in [0.1, 0.15) is 11.7 Å². The monoisotopic (exact) mass is 453 g/mol. The Bertz CT molecular complexity index is 1040. The molecule has 0 radical (unpaired) electrons. The van der Waals surface area contributed by atoms with E-state index in [1.165, 1.54) is 30.5 Å². The predicted molar refractivity (Wildman–Crippen MR) is 125 cm³/mol. The van der Waals surface area contributed by atoms with Gasteiger partial charge in [0.2, 0.25) is 0 Å². The molecule has 5 fully saturated rings. The number of rotatable bonds is 3. The topological polar surface area (TPSA) is 73.2 Å². The minimum absolute atomic E-state index is 0.0404. The second-order valence-electron chi connectivity index (χ2n) is 13.6. The second-order valence-corrected chi connectivity index (χ2v) is 13.6. The number of piperidine rings is 1. The molecule has 5 nitrogen and oxygen atoms in total. The van der Waals surface area contributed by atoms with Crippen molar-refractivity contribution in [3.8, 4) is 11.5 Å². The third-order valence-electron chi connectivity index (χ3n) is 11.5. The standard InChI is InChI=1S/C28H39NO4/c1-24(2,3)25(4,31)19-14-26-9-10-28(19,32)23-27(26)11-12-29(15-16-5-6-16)20(26)13-17-7-8-18(30)22(33-23)21(17)27/h7-8,16,19-20,23,30-32H,5-6,9-15H2,1-4H3/t19-,20-,23+,25-,26?,27+,28+/m1/s1. The molecule has 2 aliphatic heterocycles. The molecular weight excluding hydrogens is 414 g/mol. The maximum absolute atomic E-state index is 12.5. The first-order valence-electron chi connectivity index (χ1n) is 13.2. The first kappa shape index (κ1) is 21.0. The smallest absolute Gasteiger partial charge is 0.165 e. The van der Waals surface area contributed by atoms with Gasteiger partial charge in [0, 0.05) is 34.9 Å². The largest absolute Gasteiger partial charge is 0.504 e. The Labute approximate surface area is 197 Å². The zero-order chi connectivity index (χ0) is 23.2. The van der Waals surface area contributed by atoms with Crippen LogP contribution in [0.2, 0.25) is 0 Å². The fraction of sp³-hybridized carbons (Fsp3) is 0.786. The van der Waals surface area contributed by atoms with E-state index >= 15 is 0 Å². The van der Waals surface area contributed by atoms with Gasteiger partial charge in [0.25, 0.3) is 0 Å². The Morgan fingerprint density at radius 3 is 2.58 bits per heavy atom. The highest BCUT2D eigenvalue weighted by molar-refractivity contribution is 5.63. The number of phenols is 1. The van der Waals surface area contributed by atoms with Crippen molar-refractivity contribution in [1.82, 2.24) is 4.90 Å². The van der Waals surface area contributed by atoms with E-state index in [9.17, 15) is 15.3 Å². The van der Waals surface area contributed by atoms with Gasteiger partial charge in [-0.1, -0.05) is 26.8 Å². The molecule has 4 bridgehead atoms. The quantitative estimate of drug-likeness (QED) is 0.650. The summed E-state index contributed by atoms with van der Waals surface area (Å²) in [6, 6.07) is 4.30. The number of phenolic OH excluding ortho intramolecular Hbond substituents is 1. The van der Waals surface area contributed by atoms with Crippen LogP contribution in [0.4, 0.5) is 0 Å². The summed E-state index contributed by atoms with van der Waals surface area (Å²) >= 11 is 0. The molecule has 0 aromatic heterocycles. The minimum atomic E-state index is -1.11. The van der Waals surface area contributed by atoms with Gasteiger partial charge in [-0.2, -0.15) is 0 Å². The number of fused-ring (bicyclic) bond motifs is 2. The van der Waals surface area contributed by atoms with Crippen LogP contribution in [-0.4, -0.2) is 56.7 Å². The first-order chi connectivity index (χ1) is 15.5. The average molecular weight is 454 g/mol. The fourth-order valence-electron chi connectivity index (χ4n) is 9.26. The van der Waals surface area contributed by atoms with Crippen molar-refractivity contribution in [2.45, 2.75) is 101 Å². The summed E-state index contributed by atoms with van der Waals surface area (Å²) in [6.07, 6.45) is 6.71. The van der Waals surface area contributed by atoms with Gasteiger partial charge < -0.3 is 20.1 Å². The van der Waals surface area contributed by atoms with Crippen molar-refractivity contribution in [3.63, 3.8) is 0 Å². The number of nitrogens with zero attached hydrogens (tertiary/aromatic N) is 1. The summed E-state index contributed by atoms with van der Waals surface area (Å²) in [6.45, 7) is 10.4. The van der Waals surface area contributed by atoms with Crippen LogP contribution in [0.3, 0.4) is 0 Å². The van der Waals surface area contributed by atoms with Crippen molar-refractivity contribution >= 4 is 0 Å². The zero-order valence-electron chi connectivity index (χ0n) is 20.5. The number of hydrogen-bond acceptors (Lipinski definition) is 5. The number of aliphatic hydroxyl groups is 2. The SMILES string of the molecule is CC(C)(C)[C@](C)(O)[C@H]1CC23CC[C@@]1(O)[C@H]1Oc4c(O)ccc5c4[C@@]12CCN(CC1CC1)[C@@H]3C5. The van der Waals surface area contributed by atoms with Crippen LogP contribution >= 0.6 is 0 Å². The number of benzene rings is 1. The Kier molecular flexibility index (Phi) is 3.76. The van der Waals surface area contributed by atoms with Crippen LogP contribution in [-0.2, 0) is 11.8 Å². The Morgan fingerprint density at radius 2 is 1.88 bits per heavy atom. The Hall–Kier alpha value is -1.30. The van der Waals surface area contributed by atoms with Crippen molar-refractivity contribution in [2.75, 3.05) is 13.1 Å². The highest BCUT2D eigenvalue weighted by Gasteiger charge is 2.81. The number of hydrogen-bond donors (Lipinski definition) is 3. The van der Waals surface area contributed by atoms with E-state index in [1.54, 1.807) is 6.07 Å². The molecule has 0 amide bonds. The van der Waals surface area contributed by atoms with E-state index in [-0.39, 0.29) is 27.9 Å². The van der Waals surface area contributed by atoms with Gasteiger partial charge in [0.15, 0.2) is 11.5 Å². The molecule has 2 spiro atoms. The molecule has 5 aliphatic carbocycles. The molecule has 7 aliphatic rings. The van der Waals surface area contributed by atoms with Gasteiger partial charge in [-0.15, -0.1) is 0 Å². The van der Waals surface area contributed by atoms with Crippen LogP contribution in [0.5, 0.6) is 11.5 Å². The number of likely N-dealkylation sites (tertiary alicyclic amines) is 1. The highest BCUT2D eigenvalue weighted by Crippen LogP contribution is 2.77. The normalized spacial score (nSPS) is 44.8. The van der Waals surface area contributed by atoms with E-state index in [2.05, 4.69) is 31.7 Å². The average Bonchev–Trinajstić information content (AvgIpc) is 3.48. The number of aromatic hydroxyl groups is 1. The molecule has 1 saturated heterocycles. The van der Waals surface area contributed by atoms with Crippen molar-refractivity contribution in [3.05, 3.63) is 23.3 Å². The predicted octanol–water partition coefficient (Wildman–Crippen LogP) is 3.76.